The summed E-state index contributed by atoms with van der Waals surface area (Å²) in [7, 11) is 1.44. The predicted molar refractivity (Wildman–Crippen MR) is 77.4 cm³/mol. The minimum Gasteiger partial charge on any atom is -0.493 e. The van der Waals surface area contributed by atoms with Gasteiger partial charge in [0.05, 0.1) is 24.6 Å². The van der Waals surface area contributed by atoms with Gasteiger partial charge in [-0.15, -0.1) is 0 Å². The first-order valence-corrected chi connectivity index (χ1v) is 6.85. The van der Waals surface area contributed by atoms with Crippen LogP contribution in [0.1, 0.15) is 6.42 Å². The number of hydrogen-bond donors (Lipinski definition) is 2. The minimum absolute atomic E-state index is 0.157. The topological polar surface area (TPSA) is 82.3 Å². The summed E-state index contributed by atoms with van der Waals surface area (Å²) in [4.78, 5) is 7.99. The van der Waals surface area contributed by atoms with Gasteiger partial charge < -0.3 is 20.5 Å². The van der Waals surface area contributed by atoms with Crippen molar-refractivity contribution >= 4 is 16.7 Å². The zero-order chi connectivity index (χ0) is 15.7. The summed E-state index contributed by atoms with van der Waals surface area (Å²) in [6, 6.07) is 3.29. The van der Waals surface area contributed by atoms with Crippen molar-refractivity contribution in [1.29, 1.82) is 0 Å². The van der Waals surface area contributed by atoms with E-state index in [4.69, 9.17) is 15.2 Å². The molecule has 1 atom stereocenters. The zero-order valence-corrected chi connectivity index (χ0v) is 12.0. The molecular formula is C14H16F2N4O2. The summed E-state index contributed by atoms with van der Waals surface area (Å²) in [5.74, 6) is -2.33. The molecule has 1 aromatic carbocycles. The van der Waals surface area contributed by atoms with E-state index < -0.39 is 18.6 Å². The van der Waals surface area contributed by atoms with Crippen LogP contribution in [0, 0.1) is 0 Å². The van der Waals surface area contributed by atoms with Gasteiger partial charge in [0.1, 0.15) is 12.1 Å². The molecule has 2 aromatic rings. The maximum absolute atomic E-state index is 14.0. The summed E-state index contributed by atoms with van der Waals surface area (Å²) in [5, 5.41) is 3.04. The molecule has 1 aromatic heterocycles. The Labute approximate surface area is 125 Å². The smallest absolute Gasteiger partial charge is 0.296 e. The van der Waals surface area contributed by atoms with E-state index in [-0.39, 0.29) is 18.0 Å². The lowest BCUT2D eigenvalue weighted by Crippen LogP contribution is -2.52. The zero-order valence-electron chi connectivity index (χ0n) is 12.0. The molecule has 0 spiro atoms. The van der Waals surface area contributed by atoms with Crippen molar-refractivity contribution in [2.24, 2.45) is 0 Å². The fraction of sp³-hybridized carbons (Fsp3) is 0.429. The van der Waals surface area contributed by atoms with Crippen molar-refractivity contribution < 1.29 is 18.3 Å². The van der Waals surface area contributed by atoms with Crippen LogP contribution in [0.15, 0.2) is 18.5 Å². The number of anilines is 1. The number of ether oxygens (including phenoxy) is 2. The molecule has 1 saturated heterocycles. The van der Waals surface area contributed by atoms with Crippen LogP contribution in [0.25, 0.3) is 10.9 Å². The number of aromatic nitrogens is 2. The average molecular weight is 310 g/mol. The summed E-state index contributed by atoms with van der Waals surface area (Å²) < 4.78 is 38.8. The van der Waals surface area contributed by atoms with Crippen LogP contribution in [0.4, 0.5) is 14.6 Å². The normalized spacial score (nSPS) is 20.8. The molecule has 0 bridgehead atoms. The highest BCUT2D eigenvalue weighted by atomic mass is 19.3. The maximum Gasteiger partial charge on any atom is 0.296 e. The fourth-order valence-electron chi connectivity index (χ4n) is 2.50. The van der Waals surface area contributed by atoms with Crippen LogP contribution in [0.2, 0.25) is 0 Å². The van der Waals surface area contributed by atoms with Crippen LogP contribution < -0.4 is 20.5 Å². The third kappa shape index (κ3) is 2.50. The van der Waals surface area contributed by atoms with Gasteiger partial charge in [-0.05, 0) is 18.7 Å². The van der Waals surface area contributed by atoms with E-state index in [2.05, 4.69) is 15.3 Å². The molecule has 22 heavy (non-hydrogen) atoms. The third-order valence-electron chi connectivity index (χ3n) is 3.64. The Hall–Kier alpha value is -2.22. The quantitative estimate of drug-likeness (QED) is 0.896. The van der Waals surface area contributed by atoms with Crippen LogP contribution in [0.3, 0.4) is 0 Å². The van der Waals surface area contributed by atoms with Gasteiger partial charge >= 0.3 is 0 Å². The van der Waals surface area contributed by atoms with Crippen LogP contribution in [-0.4, -0.2) is 42.2 Å². The van der Waals surface area contributed by atoms with E-state index in [1.54, 1.807) is 12.1 Å². The molecule has 1 aliphatic heterocycles. The molecule has 1 unspecified atom stereocenters. The highest BCUT2D eigenvalue weighted by Crippen LogP contribution is 2.40. The second-order valence-corrected chi connectivity index (χ2v) is 5.08. The number of fused-ring (bicyclic) bond motifs is 1. The van der Waals surface area contributed by atoms with Crippen molar-refractivity contribution in [3.05, 3.63) is 18.5 Å². The van der Waals surface area contributed by atoms with Gasteiger partial charge in [-0.25, -0.2) is 18.7 Å². The van der Waals surface area contributed by atoms with E-state index in [1.807, 2.05) is 0 Å². The molecule has 0 amide bonds. The number of hydrogen-bond acceptors (Lipinski definition) is 6. The average Bonchev–Trinajstić information content (AvgIpc) is 2.49. The van der Waals surface area contributed by atoms with Gasteiger partial charge in [-0.1, -0.05) is 0 Å². The first-order valence-electron chi connectivity index (χ1n) is 6.85. The van der Waals surface area contributed by atoms with Gasteiger partial charge in [0.25, 0.3) is 5.92 Å². The summed E-state index contributed by atoms with van der Waals surface area (Å²) in [6.45, 7) is 0.0377. The van der Waals surface area contributed by atoms with Gasteiger partial charge in [0.15, 0.2) is 17.6 Å². The molecule has 0 aliphatic carbocycles. The molecular weight excluding hydrogens is 294 g/mol. The number of nitrogens with zero attached hydrogens (tertiary/aromatic N) is 2. The highest BCUT2D eigenvalue weighted by Gasteiger charge is 2.44. The molecule has 2 heterocycles. The van der Waals surface area contributed by atoms with E-state index in [0.29, 0.717) is 23.2 Å². The molecule has 0 radical (unpaired) electrons. The lowest BCUT2D eigenvalue weighted by Gasteiger charge is -2.32. The highest BCUT2D eigenvalue weighted by molar-refractivity contribution is 5.95. The number of nitrogen functional groups attached to an aromatic ring is 1. The Morgan fingerprint density at radius 1 is 1.36 bits per heavy atom. The molecule has 3 rings (SSSR count). The third-order valence-corrected chi connectivity index (χ3v) is 3.64. The van der Waals surface area contributed by atoms with Crippen LogP contribution in [-0.2, 0) is 0 Å². The number of rotatable bonds is 3. The summed E-state index contributed by atoms with van der Waals surface area (Å²) in [6.07, 6.45) is 0.237. The molecule has 6 nitrogen and oxygen atoms in total. The van der Waals surface area contributed by atoms with Crippen LogP contribution in [0.5, 0.6) is 11.5 Å². The largest absolute Gasteiger partial charge is 0.493 e. The van der Waals surface area contributed by atoms with Crippen LogP contribution >= 0.6 is 0 Å². The second-order valence-electron chi connectivity index (χ2n) is 5.08. The van der Waals surface area contributed by atoms with Crippen molar-refractivity contribution in [2.45, 2.75) is 18.4 Å². The lowest BCUT2D eigenvalue weighted by molar-refractivity contribution is -0.108. The van der Waals surface area contributed by atoms with Gasteiger partial charge in [-0.3, -0.25) is 0 Å². The number of nitrogens with one attached hydrogen (secondary N) is 1. The fourth-order valence-corrected chi connectivity index (χ4v) is 2.50. The number of halogens is 2. The molecule has 118 valence electrons. The van der Waals surface area contributed by atoms with Crippen molar-refractivity contribution in [3.8, 4) is 11.5 Å². The van der Waals surface area contributed by atoms with E-state index in [9.17, 15) is 8.78 Å². The SMILES string of the molecule is COc1ccc2ncnc(N)c2c1OC1CCNCC1(F)F. The maximum atomic E-state index is 14.0. The predicted octanol–water partition coefficient (Wildman–Crippen LogP) is 1.60. The second kappa shape index (κ2) is 5.53. The molecule has 1 fully saturated rings. The molecule has 8 heteroatoms. The number of alkyl halides is 2. The molecule has 1 aliphatic rings. The number of methoxy groups -OCH3 is 1. The Balaban J connectivity index is 2.08. The number of piperidine rings is 1. The van der Waals surface area contributed by atoms with Crippen molar-refractivity contribution in [3.63, 3.8) is 0 Å². The van der Waals surface area contributed by atoms with E-state index in [0.717, 1.165) is 0 Å². The van der Waals surface area contributed by atoms with Gasteiger partial charge in [0.2, 0.25) is 0 Å². The van der Waals surface area contributed by atoms with E-state index in [1.165, 1.54) is 13.4 Å². The van der Waals surface area contributed by atoms with E-state index >= 15 is 0 Å². The standard InChI is InChI=1S/C14H16F2N4O2/c1-21-9-3-2-8-11(13(17)20-7-19-8)12(9)22-10-4-5-18-6-14(10,15)16/h2-3,7,10,18H,4-6H2,1H3,(H2,17,19,20). The van der Waals surface area contributed by atoms with Gasteiger partial charge in [0, 0.05) is 6.42 Å². The number of nitrogens with two attached hydrogens (primary N) is 1. The minimum atomic E-state index is -2.98. The summed E-state index contributed by atoms with van der Waals surface area (Å²) in [5.41, 5.74) is 6.38. The van der Waals surface area contributed by atoms with Crippen molar-refractivity contribution in [1.82, 2.24) is 15.3 Å². The molecule has 0 saturated carbocycles. The molecule has 3 N–H and O–H groups in total. The van der Waals surface area contributed by atoms with Crippen molar-refractivity contribution in [2.75, 3.05) is 25.9 Å². The monoisotopic (exact) mass is 310 g/mol. The lowest BCUT2D eigenvalue weighted by atomic mass is 10.1. The van der Waals surface area contributed by atoms with Gasteiger partial charge in [-0.2, -0.15) is 0 Å². The summed E-state index contributed by atoms with van der Waals surface area (Å²) >= 11 is 0. The first-order chi connectivity index (χ1) is 10.5. The Kier molecular flexibility index (Phi) is 3.69. The Bertz CT molecular complexity index is 696. The Morgan fingerprint density at radius 2 is 2.18 bits per heavy atom. The number of benzene rings is 1. The first kappa shape index (κ1) is 14.7. The Morgan fingerprint density at radius 3 is 2.91 bits per heavy atom.